The number of carbonyl (C=O) groups excluding carboxylic acids is 4. The van der Waals surface area contributed by atoms with Crippen LogP contribution < -0.4 is 10.6 Å². The van der Waals surface area contributed by atoms with Crippen molar-refractivity contribution >= 4 is 40.2 Å². The van der Waals surface area contributed by atoms with Crippen LogP contribution in [0.5, 0.6) is 0 Å². The Bertz CT molecular complexity index is 1070. The molecule has 3 fully saturated rings. The number of nitrogens with zero attached hydrogens (tertiary/aromatic N) is 1. The average Bonchev–Trinajstić information content (AvgIpc) is 3.68. The molecule has 0 aromatic carbocycles. The number of amides is 4. The van der Waals surface area contributed by atoms with E-state index in [9.17, 15) is 19.2 Å². The molecule has 2 aromatic heterocycles. The highest BCUT2D eigenvalue weighted by Crippen LogP contribution is 2.54. The van der Waals surface area contributed by atoms with Crippen molar-refractivity contribution in [3.63, 3.8) is 0 Å². The summed E-state index contributed by atoms with van der Waals surface area (Å²) in [7, 11) is 0. The van der Waals surface area contributed by atoms with Gasteiger partial charge in [0.2, 0.25) is 5.91 Å². The Morgan fingerprint density at radius 1 is 1.28 bits per heavy atom. The van der Waals surface area contributed by atoms with Gasteiger partial charge in [-0.15, -0.1) is 11.3 Å². The van der Waals surface area contributed by atoms with Crippen LogP contribution in [0.4, 0.5) is 9.80 Å². The number of imide groups is 1. The van der Waals surface area contributed by atoms with E-state index in [1.165, 1.54) is 6.26 Å². The highest BCUT2D eigenvalue weighted by molar-refractivity contribution is 7.15. The number of anilines is 1. The van der Waals surface area contributed by atoms with Crippen molar-refractivity contribution < 1.29 is 28.3 Å². The van der Waals surface area contributed by atoms with E-state index in [2.05, 4.69) is 10.6 Å². The number of hydrogen-bond donors (Lipinski definition) is 2. The molecule has 0 radical (unpaired) electrons. The molecule has 3 heterocycles. The lowest BCUT2D eigenvalue weighted by Crippen LogP contribution is -2.51. The van der Waals surface area contributed by atoms with Crippen molar-refractivity contribution in [1.29, 1.82) is 0 Å². The highest BCUT2D eigenvalue weighted by atomic mass is 32.1. The Morgan fingerprint density at radius 2 is 2.00 bits per heavy atom. The number of hydrogen-bond acceptors (Lipinski definition) is 7. The maximum Gasteiger partial charge on any atom is 0.341 e. The predicted octanol–water partition coefficient (Wildman–Crippen LogP) is 3.23. The summed E-state index contributed by atoms with van der Waals surface area (Å²) in [6, 6.07) is 2.87. The number of rotatable bonds is 8. The smallest absolute Gasteiger partial charge is 0.341 e. The second-order valence-corrected chi connectivity index (χ2v) is 9.22. The van der Waals surface area contributed by atoms with E-state index in [-0.39, 0.29) is 34.9 Å². The van der Waals surface area contributed by atoms with Crippen LogP contribution in [0.2, 0.25) is 0 Å². The molecule has 2 saturated carbocycles. The number of thiophene rings is 1. The number of furan rings is 1. The first-order valence-electron chi connectivity index (χ1n) is 10.7. The third-order valence-electron chi connectivity index (χ3n) is 6.21. The van der Waals surface area contributed by atoms with Crippen LogP contribution in [0.3, 0.4) is 0 Å². The highest BCUT2D eigenvalue weighted by Gasteiger charge is 2.65. The molecular formula is C22H23N3O6S. The number of carbonyl (C=O) groups is 4. The zero-order valence-corrected chi connectivity index (χ0v) is 18.3. The van der Waals surface area contributed by atoms with E-state index in [1.807, 2.05) is 0 Å². The molecule has 0 atom stereocenters. The zero-order valence-electron chi connectivity index (χ0n) is 17.5. The summed E-state index contributed by atoms with van der Waals surface area (Å²) in [5.74, 6) is -0.680. The largest absolute Gasteiger partial charge is 0.464 e. The van der Waals surface area contributed by atoms with Crippen molar-refractivity contribution in [2.24, 2.45) is 11.8 Å². The predicted molar refractivity (Wildman–Crippen MR) is 115 cm³/mol. The normalized spacial score (nSPS) is 19.7. The molecule has 5 rings (SSSR count). The fraction of sp³-hybridized carbons (Fsp3) is 0.455. The molecule has 4 amide bonds. The lowest BCUT2D eigenvalue weighted by atomic mass is 9.87. The van der Waals surface area contributed by atoms with Crippen LogP contribution >= 0.6 is 11.3 Å². The van der Waals surface area contributed by atoms with Crippen molar-refractivity contribution in [2.75, 3.05) is 18.5 Å². The SMILES string of the molecule is CCOC(=O)c1c(-c2ccco2)csc1NC(=O)CN1C(=O)NC(C2CC2)(C2CC2)C1=O. The van der Waals surface area contributed by atoms with Gasteiger partial charge in [0.25, 0.3) is 5.91 Å². The molecule has 1 saturated heterocycles. The Hall–Kier alpha value is -3.14. The van der Waals surface area contributed by atoms with Crippen LogP contribution in [0.25, 0.3) is 11.3 Å². The van der Waals surface area contributed by atoms with Gasteiger partial charge in [-0.25, -0.2) is 9.59 Å². The number of nitrogens with one attached hydrogen (secondary N) is 2. The maximum absolute atomic E-state index is 13.2. The fourth-order valence-corrected chi connectivity index (χ4v) is 5.45. The van der Waals surface area contributed by atoms with Gasteiger partial charge in [-0.3, -0.25) is 14.5 Å². The third-order valence-corrected chi connectivity index (χ3v) is 7.11. The minimum atomic E-state index is -0.844. The van der Waals surface area contributed by atoms with Gasteiger partial charge in [0.1, 0.15) is 28.4 Å². The molecule has 2 aliphatic carbocycles. The molecule has 0 bridgehead atoms. The Kier molecular flexibility index (Phi) is 5.04. The fourth-order valence-electron chi connectivity index (χ4n) is 4.50. The van der Waals surface area contributed by atoms with Gasteiger partial charge in [0.05, 0.1) is 12.9 Å². The second kappa shape index (κ2) is 7.77. The Labute approximate surface area is 188 Å². The molecule has 3 aliphatic rings. The minimum Gasteiger partial charge on any atom is -0.464 e. The summed E-state index contributed by atoms with van der Waals surface area (Å²) >= 11 is 1.15. The van der Waals surface area contributed by atoms with E-state index >= 15 is 0 Å². The third kappa shape index (κ3) is 3.38. The average molecular weight is 458 g/mol. The van der Waals surface area contributed by atoms with Crippen LogP contribution in [0.15, 0.2) is 28.2 Å². The molecule has 9 nitrogen and oxygen atoms in total. The monoisotopic (exact) mass is 457 g/mol. The Morgan fingerprint density at radius 3 is 2.59 bits per heavy atom. The van der Waals surface area contributed by atoms with Crippen molar-refractivity contribution in [1.82, 2.24) is 10.2 Å². The summed E-state index contributed by atoms with van der Waals surface area (Å²) in [6.45, 7) is 1.45. The molecule has 0 spiro atoms. The van der Waals surface area contributed by atoms with Gasteiger partial charge in [-0.2, -0.15) is 0 Å². The standard InChI is InChI=1S/C22H23N3O6S/c1-2-30-19(27)17-14(15-4-3-9-31-15)11-32-18(17)23-16(26)10-25-20(28)22(12-5-6-12,13-7-8-13)24-21(25)29/h3-4,9,11-13H,2,5-8,10H2,1H3,(H,23,26)(H,24,29). The number of ether oxygens (including phenoxy) is 1. The summed E-state index contributed by atoms with van der Waals surface area (Å²) in [4.78, 5) is 52.2. The van der Waals surface area contributed by atoms with Crippen LogP contribution in [-0.4, -0.2) is 47.4 Å². The number of esters is 1. The maximum atomic E-state index is 13.2. The van der Waals surface area contributed by atoms with Crippen molar-refractivity contribution in [3.05, 3.63) is 29.3 Å². The second-order valence-electron chi connectivity index (χ2n) is 8.34. The van der Waals surface area contributed by atoms with E-state index in [1.54, 1.807) is 24.4 Å². The number of urea groups is 1. The van der Waals surface area contributed by atoms with Gasteiger partial charge >= 0.3 is 12.0 Å². The van der Waals surface area contributed by atoms with E-state index in [4.69, 9.17) is 9.15 Å². The van der Waals surface area contributed by atoms with Crippen molar-refractivity contribution in [3.8, 4) is 11.3 Å². The molecule has 32 heavy (non-hydrogen) atoms. The summed E-state index contributed by atoms with van der Waals surface area (Å²) in [5, 5.41) is 7.56. The molecule has 2 aromatic rings. The van der Waals surface area contributed by atoms with Crippen LogP contribution in [-0.2, 0) is 14.3 Å². The lowest BCUT2D eigenvalue weighted by molar-refractivity contribution is -0.135. The molecule has 2 N–H and O–H groups in total. The van der Waals surface area contributed by atoms with Gasteiger partial charge in [-0.1, -0.05) is 0 Å². The van der Waals surface area contributed by atoms with Gasteiger partial charge in [-0.05, 0) is 56.6 Å². The zero-order chi connectivity index (χ0) is 22.5. The van der Waals surface area contributed by atoms with Gasteiger partial charge in [0, 0.05) is 10.9 Å². The minimum absolute atomic E-state index is 0.156. The molecule has 0 unspecified atom stereocenters. The van der Waals surface area contributed by atoms with Crippen LogP contribution in [0, 0.1) is 11.8 Å². The molecule has 1 aliphatic heterocycles. The summed E-state index contributed by atoms with van der Waals surface area (Å²) in [5.41, 5.74) is -0.157. The van der Waals surface area contributed by atoms with Crippen molar-refractivity contribution in [2.45, 2.75) is 38.1 Å². The molecule has 168 valence electrons. The molecule has 10 heteroatoms. The lowest BCUT2D eigenvalue weighted by Gasteiger charge is -2.26. The first kappa shape index (κ1) is 20.7. The molecular weight excluding hydrogens is 434 g/mol. The van der Waals surface area contributed by atoms with Gasteiger partial charge in [0.15, 0.2) is 0 Å². The van der Waals surface area contributed by atoms with E-state index in [0.717, 1.165) is 41.9 Å². The van der Waals surface area contributed by atoms with E-state index < -0.39 is 30.0 Å². The first-order chi connectivity index (χ1) is 15.5. The van der Waals surface area contributed by atoms with E-state index in [0.29, 0.717) is 11.3 Å². The van der Waals surface area contributed by atoms with Crippen LogP contribution in [0.1, 0.15) is 43.0 Å². The Balaban J connectivity index is 1.35. The summed E-state index contributed by atoms with van der Waals surface area (Å²) < 4.78 is 10.6. The quantitative estimate of drug-likeness (QED) is 0.464. The van der Waals surface area contributed by atoms with Gasteiger partial charge < -0.3 is 19.8 Å². The first-order valence-corrected chi connectivity index (χ1v) is 11.6. The topological polar surface area (TPSA) is 118 Å². The summed E-state index contributed by atoms with van der Waals surface area (Å²) in [6.07, 6.45) is 5.14.